The van der Waals surface area contributed by atoms with Crippen LogP contribution in [0.25, 0.3) is 11.1 Å². The highest BCUT2D eigenvalue weighted by Gasteiger charge is 2.32. The van der Waals surface area contributed by atoms with E-state index in [4.69, 9.17) is 5.73 Å². The van der Waals surface area contributed by atoms with Gasteiger partial charge in [0, 0.05) is 50.8 Å². The van der Waals surface area contributed by atoms with Gasteiger partial charge in [-0.15, -0.1) is 0 Å². The first-order chi connectivity index (χ1) is 21.5. The van der Waals surface area contributed by atoms with Crippen LogP contribution in [0.5, 0.6) is 0 Å². The van der Waals surface area contributed by atoms with Crippen LogP contribution in [0.1, 0.15) is 65.6 Å². The number of benzene rings is 3. The zero-order chi connectivity index (χ0) is 32.8. The third kappa shape index (κ3) is 10.7. The first-order valence-electron chi connectivity index (χ1n) is 15.3. The number of carbonyl (C=O) groups excluding carboxylic acids is 3. The molecule has 0 aromatic heterocycles. The average Bonchev–Trinajstić information content (AvgIpc) is 3.03. The Hall–Kier alpha value is -4.28. The molecule has 0 spiro atoms. The maximum absolute atomic E-state index is 15.4. The van der Waals surface area contributed by atoms with E-state index in [1.165, 1.54) is 13.2 Å². The van der Waals surface area contributed by atoms with Crippen LogP contribution in [0, 0.1) is 12.7 Å². The summed E-state index contributed by atoms with van der Waals surface area (Å²) in [5.74, 6) is -0.883. The molecule has 45 heavy (non-hydrogen) atoms. The molecule has 3 rings (SSSR count). The van der Waals surface area contributed by atoms with Gasteiger partial charge in [-0.25, -0.2) is 9.18 Å². The van der Waals surface area contributed by atoms with Crippen molar-refractivity contribution in [3.8, 4) is 11.1 Å². The van der Waals surface area contributed by atoms with E-state index in [2.05, 4.69) is 15.4 Å². The Kier molecular flexibility index (Phi) is 13.5. The van der Waals surface area contributed by atoms with Crippen molar-refractivity contribution in [3.05, 3.63) is 94.8 Å². The van der Waals surface area contributed by atoms with Gasteiger partial charge in [-0.2, -0.15) is 0 Å². The molecule has 3 amide bonds. The van der Waals surface area contributed by atoms with E-state index in [-0.39, 0.29) is 24.7 Å². The fraction of sp³-hybridized carbons (Fsp3) is 0.400. The number of amides is 3. The molecule has 3 aromatic rings. The van der Waals surface area contributed by atoms with Gasteiger partial charge in [-0.3, -0.25) is 9.59 Å². The molecular formula is C35H45FN4O5. The van der Waals surface area contributed by atoms with Crippen LogP contribution in [0.2, 0.25) is 0 Å². The highest BCUT2D eigenvalue weighted by Crippen LogP contribution is 2.40. The van der Waals surface area contributed by atoms with Gasteiger partial charge in [0.25, 0.3) is 5.91 Å². The van der Waals surface area contributed by atoms with Crippen molar-refractivity contribution in [3.63, 3.8) is 0 Å². The molecule has 5 N–H and O–H groups in total. The van der Waals surface area contributed by atoms with Crippen LogP contribution in [-0.4, -0.2) is 61.7 Å². The van der Waals surface area contributed by atoms with Crippen LogP contribution >= 0.6 is 0 Å². The topological polar surface area (TPSA) is 134 Å². The number of alkyl carbamates (subject to hydrolysis) is 1. The second-order valence-corrected chi connectivity index (χ2v) is 11.4. The molecule has 0 fully saturated rings. The maximum atomic E-state index is 15.4. The summed E-state index contributed by atoms with van der Waals surface area (Å²) in [5.41, 5.74) is 7.87. The van der Waals surface area contributed by atoms with Crippen LogP contribution < -0.4 is 16.4 Å². The number of nitrogens with two attached hydrogens (primary N) is 1. The van der Waals surface area contributed by atoms with Gasteiger partial charge in [-0.1, -0.05) is 54.1 Å². The number of hydrogen-bond donors (Lipinski definition) is 4. The third-order valence-electron chi connectivity index (χ3n) is 7.80. The van der Waals surface area contributed by atoms with Crippen LogP contribution in [0.15, 0.2) is 66.7 Å². The summed E-state index contributed by atoms with van der Waals surface area (Å²) in [7, 11) is 3.03. The second-order valence-electron chi connectivity index (χ2n) is 11.4. The van der Waals surface area contributed by atoms with Crippen LogP contribution in [0.4, 0.5) is 9.18 Å². The Labute approximate surface area is 265 Å². The first kappa shape index (κ1) is 35.2. The van der Waals surface area contributed by atoms with Crippen LogP contribution in [-0.2, 0) is 21.7 Å². The minimum absolute atomic E-state index is 0.112. The molecule has 0 saturated heterocycles. The highest BCUT2D eigenvalue weighted by atomic mass is 19.1. The molecular weight excluding hydrogens is 575 g/mol. The number of rotatable bonds is 17. The minimum atomic E-state index is -1.37. The molecule has 0 saturated carbocycles. The largest absolute Gasteiger partial charge is 0.453 e. The number of aliphatic hydroxyl groups is 1. The Bertz CT molecular complexity index is 1430. The number of ether oxygens (including phenoxy) is 1. The van der Waals surface area contributed by atoms with E-state index in [0.29, 0.717) is 74.1 Å². The Morgan fingerprint density at radius 2 is 1.69 bits per heavy atom. The highest BCUT2D eigenvalue weighted by molar-refractivity contribution is 5.94. The number of methoxy groups -OCH3 is 1. The van der Waals surface area contributed by atoms with Gasteiger partial charge >= 0.3 is 6.09 Å². The molecule has 242 valence electrons. The zero-order valence-corrected chi connectivity index (χ0v) is 26.4. The number of hydrogen-bond acceptors (Lipinski definition) is 6. The summed E-state index contributed by atoms with van der Waals surface area (Å²) >= 11 is 0. The normalized spacial score (nSPS) is 12.3. The van der Waals surface area contributed by atoms with Crippen LogP contribution in [0.3, 0.4) is 0 Å². The lowest BCUT2D eigenvalue weighted by Crippen LogP contribution is -2.31. The summed E-state index contributed by atoms with van der Waals surface area (Å²) in [6.45, 7) is 3.76. The molecule has 3 aromatic carbocycles. The summed E-state index contributed by atoms with van der Waals surface area (Å²) < 4.78 is 20.0. The third-order valence-corrected chi connectivity index (χ3v) is 7.80. The smallest absolute Gasteiger partial charge is 0.406 e. The summed E-state index contributed by atoms with van der Waals surface area (Å²) in [6, 6.07) is 19.6. The van der Waals surface area contributed by atoms with Gasteiger partial charge in [0.15, 0.2) is 0 Å². The van der Waals surface area contributed by atoms with Gasteiger partial charge < -0.3 is 31.1 Å². The fourth-order valence-electron chi connectivity index (χ4n) is 5.34. The minimum Gasteiger partial charge on any atom is -0.453 e. The van der Waals surface area contributed by atoms with Gasteiger partial charge in [0.1, 0.15) is 5.82 Å². The number of halogens is 1. The Morgan fingerprint density at radius 3 is 2.38 bits per heavy atom. The molecule has 0 aliphatic rings. The van der Waals surface area contributed by atoms with Crippen molar-refractivity contribution in [1.82, 2.24) is 15.5 Å². The number of primary amides is 1. The molecule has 1 unspecified atom stereocenters. The molecule has 0 aliphatic heterocycles. The molecule has 1 atom stereocenters. The fourth-order valence-corrected chi connectivity index (χ4v) is 5.34. The number of aryl methyl sites for hydroxylation is 1. The molecule has 0 aliphatic carbocycles. The SMILES string of the molecule is COC(=O)NCCCC(O)(CCCCN(C)C(=O)c1ccc(CNCCC(N)=O)cc1)c1cccc(F)c1-c1cccc(C)c1. The van der Waals surface area contributed by atoms with Gasteiger partial charge in [0.2, 0.25) is 5.91 Å². The average molecular weight is 621 g/mol. The number of carbonyl (C=O) groups is 3. The lowest BCUT2D eigenvalue weighted by molar-refractivity contribution is -0.117. The van der Waals surface area contributed by atoms with Crippen molar-refractivity contribution in [2.24, 2.45) is 5.73 Å². The maximum Gasteiger partial charge on any atom is 0.406 e. The van der Waals surface area contributed by atoms with Crippen molar-refractivity contribution in [2.45, 2.75) is 57.6 Å². The second kappa shape index (κ2) is 17.3. The van der Waals surface area contributed by atoms with Crippen molar-refractivity contribution in [1.29, 1.82) is 0 Å². The zero-order valence-electron chi connectivity index (χ0n) is 26.4. The molecule has 0 radical (unpaired) electrons. The summed E-state index contributed by atoms with van der Waals surface area (Å²) in [6.07, 6.45) is 2.00. The van der Waals surface area contributed by atoms with Gasteiger partial charge in [0.05, 0.1) is 12.7 Å². The summed E-state index contributed by atoms with van der Waals surface area (Å²) in [4.78, 5) is 37.1. The predicted molar refractivity (Wildman–Crippen MR) is 173 cm³/mol. The number of unbranched alkanes of at least 4 members (excludes halogenated alkanes) is 1. The van der Waals surface area contributed by atoms with E-state index in [1.54, 1.807) is 36.2 Å². The van der Waals surface area contributed by atoms with Gasteiger partial charge in [-0.05, 0) is 73.9 Å². The van der Waals surface area contributed by atoms with E-state index < -0.39 is 17.5 Å². The van der Waals surface area contributed by atoms with E-state index in [0.717, 1.165) is 11.1 Å². The molecule has 10 heteroatoms. The van der Waals surface area contributed by atoms with Crippen molar-refractivity contribution < 1.29 is 28.6 Å². The summed E-state index contributed by atoms with van der Waals surface area (Å²) in [5, 5.41) is 17.9. The quantitative estimate of drug-likeness (QED) is 0.156. The molecule has 0 heterocycles. The first-order valence-corrected chi connectivity index (χ1v) is 15.3. The van der Waals surface area contributed by atoms with Crippen molar-refractivity contribution >= 4 is 17.9 Å². The Balaban J connectivity index is 1.66. The number of nitrogens with one attached hydrogen (secondary N) is 2. The van der Waals surface area contributed by atoms with E-state index in [1.807, 2.05) is 43.3 Å². The lowest BCUT2D eigenvalue weighted by Gasteiger charge is -2.32. The van der Waals surface area contributed by atoms with E-state index in [9.17, 15) is 19.5 Å². The predicted octanol–water partition coefficient (Wildman–Crippen LogP) is 5.03. The monoisotopic (exact) mass is 620 g/mol. The standard InChI is InChI=1S/C35H45FN4O5/c1-25-9-6-10-28(23-25)32-29(11-7-12-30(32)36)35(44,19-8-20-39-34(43)45-3)18-4-5-22-40(2)33(42)27-15-13-26(14-16-27)24-38-21-17-31(37)41/h6-7,9-16,23,38,44H,4-5,8,17-22,24H2,1-3H3,(H2,37,41)(H,39,43). The van der Waals surface area contributed by atoms with Crippen molar-refractivity contribution in [2.75, 3.05) is 33.8 Å². The lowest BCUT2D eigenvalue weighted by atomic mass is 9.80. The molecule has 0 bridgehead atoms. The Morgan fingerprint density at radius 1 is 0.978 bits per heavy atom. The molecule has 9 nitrogen and oxygen atoms in total. The van der Waals surface area contributed by atoms with E-state index >= 15 is 4.39 Å². The number of nitrogens with zero attached hydrogens (tertiary/aromatic N) is 1.